The summed E-state index contributed by atoms with van der Waals surface area (Å²) in [6.07, 6.45) is 2.66. The fraction of sp³-hybridized carbons (Fsp3) is 0.150. The zero-order valence-electron chi connectivity index (χ0n) is 16.8. The van der Waals surface area contributed by atoms with Crippen molar-refractivity contribution in [2.24, 2.45) is 0 Å². The van der Waals surface area contributed by atoms with Gasteiger partial charge in [-0.1, -0.05) is 0 Å². The van der Waals surface area contributed by atoms with Gasteiger partial charge in [-0.25, -0.2) is 22.2 Å². The molecule has 0 aliphatic rings. The average Bonchev–Trinajstić information content (AvgIpc) is 3.09. The van der Waals surface area contributed by atoms with E-state index in [4.69, 9.17) is 0 Å². The number of nitrogens with one attached hydrogen (secondary N) is 2. The third-order valence-corrected chi connectivity index (χ3v) is 5.71. The lowest BCUT2D eigenvalue weighted by molar-refractivity contribution is 0.511. The highest BCUT2D eigenvalue weighted by molar-refractivity contribution is 7.90. The molecular weight excluding hydrogens is 426 g/mol. The van der Waals surface area contributed by atoms with Crippen molar-refractivity contribution in [1.29, 1.82) is 0 Å². The molecule has 160 valence electrons. The molecule has 0 aliphatic heterocycles. The summed E-state index contributed by atoms with van der Waals surface area (Å²) < 4.78 is 51.0. The summed E-state index contributed by atoms with van der Waals surface area (Å²) in [5, 5.41) is 10.2. The Morgan fingerprint density at radius 3 is 2.58 bits per heavy atom. The number of aromatic nitrogens is 4. The largest absolute Gasteiger partial charge is 0.324 e. The van der Waals surface area contributed by atoms with Crippen LogP contribution in [0.4, 0.5) is 32.1 Å². The molecule has 0 saturated heterocycles. The fourth-order valence-corrected chi connectivity index (χ4v) is 3.86. The van der Waals surface area contributed by atoms with Gasteiger partial charge in [-0.2, -0.15) is 10.1 Å². The molecule has 0 radical (unpaired) electrons. The number of H-pyrrole nitrogens is 1. The topological polar surface area (TPSA) is 104 Å². The Bertz CT molecular complexity index is 1400. The second-order valence-corrected chi connectivity index (χ2v) is 9.10. The monoisotopic (exact) mass is 444 g/mol. The van der Waals surface area contributed by atoms with E-state index >= 15 is 0 Å². The number of halogens is 2. The summed E-state index contributed by atoms with van der Waals surface area (Å²) >= 11 is 0. The van der Waals surface area contributed by atoms with Gasteiger partial charge < -0.3 is 10.2 Å². The van der Waals surface area contributed by atoms with E-state index in [2.05, 4.69) is 25.5 Å². The number of anilines is 4. The molecule has 0 amide bonds. The maximum absolute atomic E-state index is 13.7. The number of hydrogen-bond acceptors (Lipinski definition) is 7. The normalized spacial score (nSPS) is 11.6. The van der Waals surface area contributed by atoms with Crippen molar-refractivity contribution < 1.29 is 17.2 Å². The van der Waals surface area contributed by atoms with Gasteiger partial charge in [0.05, 0.1) is 10.4 Å². The molecule has 0 fully saturated rings. The molecule has 31 heavy (non-hydrogen) atoms. The summed E-state index contributed by atoms with van der Waals surface area (Å²) in [7, 11) is -1.70. The van der Waals surface area contributed by atoms with Crippen LogP contribution in [0.2, 0.25) is 0 Å². The van der Waals surface area contributed by atoms with E-state index in [1.807, 2.05) is 0 Å². The molecule has 0 spiro atoms. The zero-order valence-corrected chi connectivity index (χ0v) is 17.6. The predicted octanol–water partition coefficient (Wildman–Crippen LogP) is 3.85. The van der Waals surface area contributed by atoms with Gasteiger partial charge in [-0.15, -0.1) is 0 Å². The van der Waals surface area contributed by atoms with Crippen LogP contribution in [0.1, 0.15) is 5.56 Å². The highest BCUT2D eigenvalue weighted by Gasteiger charge is 2.17. The molecule has 0 unspecified atom stereocenters. The Morgan fingerprint density at radius 1 is 1.10 bits per heavy atom. The van der Waals surface area contributed by atoms with Crippen molar-refractivity contribution >= 4 is 44.0 Å². The minimum atomic E-state index is -3.38. The first-order valence-corrected chi connectivity index (χ1v) is 11.0. The van der Waals surface area contributed by atoms with Crippen molar-refractivity contribution in [1.82, 2.24) is 20.2 Å². The number of rotatable bonds is 5. The van der Waals surface area contributed by atoms with E-state index in [-0.39, 0.29) is 10.8 Å². The SMILES string of the molecule is Cc1cc(Nc2nccc(N(C)c3n[nH]c4cc(F)c(F)cc34)n2)cc(S(C)(=O)=O)c1. The van der Waals surface area contributed by atoms with Crippen molar-refractivity contribution in [3.63, 3.8) is 0 Å². The summed E-state index contributed by atoms with van der Waals surface area (Å²) in [4.78, 5) is 10.4. The molecule has 8 nitrogen and oxygen atoms in total. The van der Waals surface area contributed by atoms with Crippen LogP contribution in [0.5, 0.6) is 0 Å². The minimum absolute atomic E-state index is 0.181. The van der Waals surface area contributed by atoms with E-state index in [0.717, 1.165) is 24.0 Å². The quantitative estimate of drug-likeness (QED) is 0.482. The molecule has 4 aromatic rings. The summed E-state index contributed by atoms with van der Waals surface area (Å²) in [6.45, 7) is 1.79. The van der Waals surface area contributed by atoms with Crippen LogP contribution in [0, 0.1) is 18.6 Å². The van der Waals surface area contributed by atoms with Crippen LogP contribution in [0.3, 0.4) is 0 Å². The Hall–Kier alpha value is -3.60. The highest BCUT2D eigenvalue weighted by atomic mass is 32.2. The molecule has 11 heteroatoms. The fourth-order valence-electron chi connectivity index (χ4n) is 3.12. The molecule has 0 aliphatic carbocycles. The van der Waals surface area contributed by atoms with Gasteiger partial charge in [0.25, 0.3) is 0 Å². The molecule has 2 aromatic heterocycles. The van der Waals surface area contributed by atoms with E-state index < -0.39 is 21.5 Å². The van der Waals surface area contributed by atoms with Crippen molar-refractivity contribution in [3.05, 3.63) is 59.8 Å². The number of nitrogens with zero attached hydrogens (tertiary/aromatic N) is 4. The Kier molecular flexibility index (Phi) is 5.05. The van der Waals surface area contributed by atoms with Crippen molar-refractivity contribution in [2.45, 2.75) is 11.8 Å². The van der Waals surface area contributed by atoms with E-state index in [1.165, 1.54) is 12.3 Å². The first-order valence-electron chi connectivity index (χ1n) is 9.10. The molecule has 0 atom stereocenters. The van der Waals surface area contributed by atoms with Crippen molar-refractivity contribution in [3.8, 4) is 0 Å². The zero-order chi connectivity index (χ0) is 22.3. The second-order valence-electron chi connectivity index (χ2n) is 7.09. The third-order valence-electron chi connectivity index (χ3n) is 4.62. The van der Waals surface area contributed by atoms with Crippen LogP contribution >= 0.6 is 0 Å². The lowest BCUT2D eigenvalue weighted by atomic mass is 10.2. The molecule has 2 N–H and O–H groups in total. The van der Waals surface area contributed by atoms with E-state index in [0.29, 0.717) is 28.2 Å². The Morgan fingerprint density at radius 2 is 1.84 bits per heavy atom. The number of sulfone groups is 1. The summed E-state index contributed by atoms with van der Waals surface area (Å²) in [5.74, 6) is -0.924. The summed E-state index contributed by atoms with van der Waals surface area (Å²) in [6, 6.07) is 8.59. The van der Waals surface area contributed by atoms with E-state index in [1.54, 1.807) is 37.1 Å². The lowest BCUT2D eigenvalue weighted by Gasteiger charge is -2.16. The third kappa shape index (κ3) is 4.17. The highest BCUT2D eigenvalue weighted by Crippen LogP contribution is 2.30. The minimum Gasteiger partial charge on any atom is -0.324 e. The number of benzene rings is 2. The lowest BCUT2D eigenvalue weighted by Crippen LogP contribution is -2.13. The van der Waals surface area contributed by atoms with Gasteiger partial charge in [0.15, 0.2) is 27.3 Å². The summed E-state index contributed by atoms with van der Waals surface area (Å²) in [5.41, 5.74) is 1.63. The van der Waals surface area contributed by atoms with Crippen molar-refractivity contribution in [2.75, 3.05) is 23.5 Å². The first-order chi connectivity index (χ1) is 14.6. The number of fused-ring (bicyclic) bond motifs is 1. The van der Waals surface area contributed by atoms with Gasteiger partial charge in [-0.05, 0) is 42.8 Å². The number of aryl methyl sites for hydroxylation is 1. The Balaban J connectivity index is 1.67. The standard InChI is InChI=1S/C20H18F2N6O2S/c1-11-6-12(8-13(7-11)31(3,29)30)24-20-23-5-4-18(25-20)28(2)19-14-9-15(21)16(22)10-17(14)26-27-19/h4-10H,1-3H3,(H,26,27)(H,23,24,25). The molecule has 4 rings (SSSR count). The van der Waals surface area contributed by atoms with Crippen LogP contribution in [-0.4, -0.2) is 41.9 Å². The van der Waals surface area contributed by atoms with Gasteiger partial charge in [0.2, 0.25) is 5.95 Å². The maximum Gasteiger partial charge on any atom is 0.229 e. The van der Waals surface area contributed by atoms with Gasteiger partial charge >= 0.3 is 0 Å². The first kappa shape index (κ1) is 20.7. The Labute approximate surface area is 176 Å². The van der Waals surface area contributed by atoms with Gasteiger partial charge in [0, 0.05) is 36.6 Å². The number of hydrogen-bond donors (Lipinski definition) is 2. The predicted molar refractivity (Wildman–Crippen MR) is 114 cm³/mol. The smallest absolute Gasteiger partial charge is 0.229 e. The van der Waals surface area contributed by atoms with Crippen LogP contribution in [0.25, 0.3) is 10.9 Å². The van der Waals surface area contributed by atoms with Crippen LogP contribution in [-0.2, 0) is 9.84 Å². The number of aromatic amines is 1. The second kappa shape index (κ2) is 7.58. The molecule has 0 saturated carbocycles. The van der Waals surface area contributed by atoms with E-state index in [9.17, 15) is 17.2 Å². The molecule has 2 aromatic carbocycles. The molecular formula is C20H18F2N6O2S. The average molecular weight is 444 g/mol. The van der Waals surface area contributed by atoms with Gasteiger partial charge in [0.1, 0.15) is 5.82 Å². The maximum atomic E-state index is 13.7. The van der Waals surface area contributed by atoms with Crippen LogP contribution < -0.4 is 10.2 Å². The van der Waals surface area contributed by atoms with Gasteiger partial charge in [-0.3, -0.25) is 5.10 Å². The molecule has 2 heterocycles. The molecule has 0 bridgehead atoms. The van der Waals surface area contributed by atoms with Crippen LogP contribution in [0.15, 0.2) is 47.5 Å².